The molecule has 168 valence electrons. The zero-order valence-electron chi connectivity index (χ0n) is 19.7. The standard InChI is InChI=1S/C25H36N4O2/c1-7-26-24(28-18-19-8-10-20(11-9-19)23(30)29(5)6)27-16-17-31-22-14-12-21(13-15-22)25(2,3)4/h8-15H,7,16-18H2,1-6H3,(H2,26,27,28). The summed E-state index contributed by atoms with van der Waals surface area (Å²) in [4.78, 5) is 18.2. The van der Waals surface area contributed by atoms with Crippen molar-refractivity contribution < 1.29 is 9.53 Å². The molecule has 0 aliphatic carbocycles. The van der Waals surface area contributed by atoms with Crippen molar-refractivity contribution >= 4 is 11.9 Å². The number of nitrogens with zero attached hydrogens (tertiary/aromatic N) is 2. The molecule has 2 aromatic carbocycles. The first-order chi connectivity index (χ1) is 14.7. The normalized spacial score (nSPS) is 11.7. The minimum atomic E-state index is -0.00176. The highest BCUT2D eigenvalue weighted by atomic mass is 16.5. The predicted octanol–water partition coefficient (Wildman–Crippen LogP) is 3.82. The molecule has 2 rings (SSSR count). The number of hydrogen-bond acceptors (Lipinski definition) is 3. The van der Waals surface area contributed by atoms with E-state index in [9.17, 15) is 4.79 Å². The van der Waals surface area contributed by atoms with Crippen molar-refractivity contribution in [3.8, 4) is 5.75 Å². The van der Waals surface area contributed by atoms with Crippen LogP contribution in [0.15, 0.2) is 53.5 Å². The van der Waals surface area contributed by atoms with Crippen LogP contribution in [0.25, 0.3) is 0 Å². The number of ether oxygens (including phenoxy) is 1. The highest BCUT2D eigenvalue weighted by Gasteiger charge is 2.13. The van der Waals surface area contributed by atoms with Crippen molar-refractivity contribution in [2.45, 2.75) is 39.7 Å². The van der Waals surface area contributed by atoms with Crippen LogP contribution in [0.1, 0.15) is 49.2 Å². The lowest BCUT2D eigenvalue weighted by Gasteiger charge is -2.19. The number of guanidine groups is 1. The molecule has 0 aromatic heterocycles. The van der Waals surface area contributed by atoms with Gasteiger partial charge in [-0.25, -0.2) is 4.99 Å². The Hall–Kier alpha value is -3.02. The fraction of sp³-hybridized carbons (Fsp3) is 0.440. The van der Waals surface area contributed by atoms with Crippen molar-refractivity contribution in [3.63, 3.8) is 0 Å². The summed E-state index contributed by atoms with van der Waals surface area (Å²) in [6.07, 6.45) is 0. The molecule has 1 amide bonds. The van der Waals surface area contributed by atoms with Crippen LogP contribution < -0.4 is 15.4 Å². The van der Waals surface area contributed by atoms with Crippen molar-refractivity contribution in [2.75, 3.05) is 33.8 Å². The van der Waals surface area contributed by atoms with Crippen LogP contribution in [0.4, 0.5) is 0 Å². The Morgan fingerprint density at radius 3 is 2.19 bits per heavy atom. The molecule has 0 saturated heterocycles. The largest absolute Gasteiger partial charge is 0.492 e. The van der Waals surface area contributed by atoms with Crippen LogP contribution in [-0.4, -0.2) is 50.6 Å². The van der Waals surface area contributed by atoms with Crippen LogP contribution in [0.5, 0.6) is 5.75 Å². The van der Waals surface area contributed by atoms with Crippen molar-refractivity contribution in [2.24, 2.45) is 4.99 Å². The van der Waals surface area contributed by atoms with E-state index in [1.807, 2.05) is 43.3 Å². The second-order valence-corrected chi connectivity index (χ2v) is 8.64. The Morgan fingerprint density at radius 1 is 1.00 bits per heavy atom. The molecule has 0 aliphatic rings. The Balaban J connectivity index is 1.84. The van der Waals surface area contributed by atoms with Gasteiger partial charge in [-0.1, -0.05) is 45.0 Å². The van der Waals surface area contributed by atoms with Crippen molar-refractivity contribution in [1.29, 1.82) is 0 Å². The molecule has 0 bridgehead atoms. The monoisotopic (exact) mass is 424 g/mol. The molecule has 2 N–H and O–H groups in total. The second kappa shape index (κ2) is 11.4. The average molecular weight is 425 g/mol. The maximum Gasteiger partial charge on any atom is 0.253 e. The van der Waals surface area contributed by atoms with Gasteiger partial charge in [0.15, 0.2) is 5.96 Å². The van der Waals surface area contributed by atoms with Gasteiger partial charge in [0, 0.05) is 26.2 Å². The minimum Gasteiger partial charge on any atom is -0.492 e. The number of carbonyl (C=O) groups is 1. The summed E-state index contributed by atoms with van der Waals surface area (Å²) in [5.41, 5.74) is 3.15. The summed E-state index contributed by atoms with van der Waals surface area (Å²) >= 11 is 0. The lowest BCUT2D eigenvalue weighted by molar-refractivity contribution is 0.0827. The van der Waals surface area contributed by atoms with Gasteiger partial charge in [-0.15, -0.1) is 0 Å². The molecule has 6 nitrogen and oxygen atoms in total. The molecule has 2 aromatic rings. The number of aliphatic imine (C=N–C) groups is 1. The van der Waals surface area contributed by atoms with E-state index >= 15 is 0 Å². The molecule has 0 atom stereocenters. The Kier molecular flexibility index (Phi) is 8.91. The molecule has 0 radical (unpaired) electrons. The Bertz CT molecular complexity index is 851. The maximum atomic E-state index is 12.0. The first-order valence-corrected chi connectivity index (χ1v) is 10.8. The van der Waals surface area contributed by atoms with Crippen LogP contribution >= 0.6 is 0 Å². The molecule has 31 heavy (non-hydrogen) atoms. The third kappa shape index (κ3) is 7.96. The predicted molar refractivity (Wildman–Crippen MR) is 128 cm³/mol. The molecule has 0 spiro atoms. The molecule has 6 heteroatoms. The highest BCUT2D eigenvalue weighted by molar-refractivity contribution is 5.93. The number of nitrogens with one attached hydrogen (secondary N) is 2. The highest BCUT2D eigenvalue weighted by Crippen LogP contribution is 2.24. The van der Waals surface area contributed by atoms with Crippen LogP contribution in [0, 0.1) is 0 Å². The van der Waals surface area contributed by atoms with Gasteiger partial charge in [0.2, 0.25) is 0 Å². The van der Waals surface area contributed by atoms with Crippen LogP contribution in [0.2, 0.25) is 0 Å². The van der Waals surface area contributed by atoms with Gasteiger partial charge in [0.05, 0.1) is 13.1 Å². The Labute approximate surface area is 186 Å². The fourth-order valence-corrected chi connectivity index (χ4v) is 2.91. The van der Waals surface area contributed by atoms with E-state index in [4.69, 9.17) is 4.74 Å². The van der Waals surface area contributed by atoms with Gasteiger partial charge in [0.1, 0.15) is 12.4 Å². The lowest BCUT2D eigenvalue weighted by atomic mass is 9.87. The molecular weight excluding hydrogens is 388 g/mol. The topological polar surface area (TPSA) is 66.0 Å². The summed E-state index contributed by atoms with van der Waals surface area (Å²) in [6, 6.07) is 15.8. The number of rotatable bonds is 8. The first-order valence-electron chi connectivity index (χ1n) is 10.8. The zero-order valence-corrected chi connectivity index (χ0v) is 19.7. The second-order valence-electron chi connectivity index (χ2n) is 8.64. The third-order valence-corrected chi connectivity index (χ3v) is 4.75. The van der Waals surface area contributed by atoms with Crippen molar-refractivity contribution in [3.05, 3.63) is 65.2 Å². The average Bonchev–Trinajstić information content (AvgIpc) is 2.74. The molecule has 0 saturated carbocycles. The first kappa shape index (κ1) is 24.3. The van der Waals surface area contributed by atoms with Gasteiger partial charge in [-0.05, 0) is 47.7 Å². The van der Waals surface area contributed by atoms with Gasteiger partial charge in [0.25, 0.3) is 5.91 Å². The van der Waals surface area contributed by atoms with E-state index in [-0.39, 0.29) is 11.3 Å². The van der Waals surface area contributed by atoms with Gasteiger partial charge < -0.3 is 20.3 Å². The number of amides is 1. The summed E-state index contributed by atoms with van der Waals surface area (Å²) in [5, 5.41) is 6.54. The minimum absolute atomic E-state index is 0.00176. The van der Waals surface area contributed by atoms with Crippen molar-refractivity contribution in [1.82, 2.24) is 15.5 Å². The smallest absolute Gasteiger partial charge is 0.253 e. The Morgan fingerprint density at radius 2 is 1.65 bits per heavy atom. The molecule has 0 fully saturated rings. The number of benzene rings is 2. The van der Waals surface area contributed by atoms with E-state index in [0.29, 0.717) is 25.3 Å². The van der Waals surface area contributed by atoms with Gasteiger partial charge >= 0.3 is 0 Å². The van der Waals surface area contributed by atoms with Crippen LogP contribution in [0.3, 0.4) is 0 Å². The zero-order chi connectivity index (χ0) is 22.9. The van der Waals surface area contributed by atoms with E-state index in [0.717, 1.165) is 23.8 Å². The number of hydrogen-bond donors (Lipinski definition) is 2. The number of carbonyl (C=O) groups excluding carboxylic acids is 1. The van der Waals surface area contributed by atoms with E-state index in [1.165, 1.54) is 5.56 Å². The summed E-state index contributed by atoms with van der Waals surface area (Å²) in [7, 11) is 3.50. The van der Waals surface area contributed by atoms with Gasteiger partial charge in [-0.3, -0.25) is 4.79 Å². The molecule has 0 unspecified atom stereocenters. The molecular formula is C25H36N4O2. The third-order valence-electron chi connectivity index (χ3n) is 4.75. The maximum absolute atomic E-state index is 12.0. The van der Waals surface area contributed by atoms with Gasteiger partial charge in [-0.2, -0.15) is 0 Å². The van der Waals surface area contributed by atoms with Crippen LogP contribution in [-0.2, 0) is 12.0 Å². The van der Waals surface area contributed by atoms with E-state index < -0.39 is 0 Å². The molecule has 0 aliphatic heterocycles. The summed E-state index contributed by atoms with van der Waals surface area (Å²) in [6.45, 7) is 11.1. The summed E-state index contributed by atoms with van der Waals surface area (Å²) in [5.74, 6) is 1.60. The SMILES string of the molecule is CCNC(=NCc1ccc(C(=O)N(C)C)cc1)NCCOc1ccc(C(C)(C)C)cc1. The molecule has 0 heterocycles. The van der Waals surface area contributed by atoms with E-state index in [1.54, 1.807) is 19.0 Å². The van der Waals surface area contributed by atoms with E-state index in [2.05, 4.69) is 48.5 Å². The fourth-order valence-electron chi connectivity index (χ4n) is 2.91. The quantitative estimate of drug-likeness (QED) is 0.384. The summed E-state index contributed by atoms with van der Waals surface area (Å²) < 4.78 is 5.84. The lowest BCUT2D eigenvalue weighted by Crippen LogP contribution is -2.39.